The smallest absolute Gasteiger partial charge is 0.241 e. The van der Waals surface area contributed by atoms with Crippen molar-refractivity contribution in [3.8, 4) is 0 Å². The highest BCUT2D eigenvalue weighted by atomic mass is 32.2. The second-order valence-electron chi connectivity index (χ2n) is 4.40. The van der Waals surface area contributed by atoms with Gasteiger partial charge in [0.05, 0.1) is 4.90 Å². The summed E-state index contributed by atoms with van der Waals surface area (Å²) < 4.78 is 27.3. The van der Waals surface area contributed by atoms with E-state index >= 15 is 0 Å². The summed E-state index contributed by atoms with van der Waals surface area (Å²) in [6.45, 7) is 6.33. The van der Waals surface area contributed by atoms with Gasteiger partial charge in [-0.15, -0.1) is 11.3 Å². The molecule has 3 N–H and O–H groups in total. The van der Waals surface area contributed by atoms with Gasteiger partial charge < -0.3 is 5.73 Å². The number of rotatable bonds is 7. The van der Waals surface area contributed by atoms with E-state index in [2.05, 4.69) is 18.6 Å². The normalized spacial score (nSPS) is 14.1. The molecule has 104 valence electrons. The number of thiophene rings is 1. The van der Waals surface area contributed by atoms with Crippen LogP contribution in [0.15, 0.2) is 16.3 Å². The lowest BCUT2D eigenvalue weighted by Gasteiger charge is -2.22. The third kappa shape index (κ3) is 3.54. The second-order valence-corrected chi connectivity index (χ2v) is 7.08. The zero-order valence-corrected chi connectivity index (χ0v) is 12.8. The van der Waals surface area contributed by atoms with Crippen LogP contribution >= 0.6 is 11.3 Å². The Morgan fingerprint density at radius 3 is 2.50 bits per heavy atom. The molecule has 1 atom stereocenters. The van der Waals surface area contributed by atoms with E-state index in [9.17, 15) is 8.42 Å². The van der Waals surface area contributed by atoms with Gasteiger partial charge in [0.1, 0.15) is 0 Å². The first kappa shape index (κ1) is 15.6. The minimum Gasteiger partial charge on any atom is -0.326 e. The molecular weight excluding hydrogens is 268 g/mol. The maximum Gasteiger partial charge on any atom is 0.241 e. The highest BCUT2D eigenvalue weighted by molar-refractivity contribution is 7.89. The number of sulfonamides is 1. The average Bonchev–Trinajstić information content (AvgIpc) is 2.78. The Morgan fingerprint density at radius 2 is 2.00 bits per heavy atom. The number of hydrogen-bond acceptors (Lipinski definition) is 4. The third-order valence-corrected chi connectivity index (χ3v) is 5.99. The molecule has 0 aliphatic heterocycles. The Morgan fingerprint density at radius 1 is 1.39 bits per heavy atom. The summed E-state index contributed by atoms with van der Waals surface area (Å²) >= 11 is 1.38. The Labute approximate surface area is 114 Å². The number of nitrogens with one attached hydrogen (secondary N) is 1. The topological polar surface area (TPSA) is 72.2 Å². The highest BCUT2D eigenvalue weighted by Crippen LogP contribution is 2.23. The van der Waals surface area contributed by atoms with Crippen LogP contribution in [-0.4, -0.2) is 14.5 Å². The van der Waals surface area contributed by atoms with Crippen LogP contribution in [0.3, 0.4) is 0 Å². The van der Waals surface area contributed by atoms with Crippen molar-refractivity contribution in [2.45, 2.75) is 51.1 Å². The molecule has 1 unspecified atom stereocenters. The molecule has 6 heteroatoms. The van der Waals surface area contributed by atoms with Gasteiger partial charge in [0.15, 0.2) is 0 Å². The van der Waals surface area contributed by atoms with Gasteiger partial charge in [-0.3, -0.25) is 0 Å². The van der Waals surface area contributed by atoms with Crippen LogP contribution in [0.2, 0.25) is 0 Å². The molecule has 1 aromatic rings. The Hall–Kier alpha value is -0.430. The number of hydrogen-bond donors (Lipinski definition) is 2. The van der Waals surface area contributed by atoms with Crippen LogP contribution in [0, 0.1) is 5.92 Å². The highest BCUT2D eigenvalue weighted by Gasteiger charge is 2.24. The predicted molar refractivity (Wildman–Crippen MR) is 76.1 cm³/mol. The van der Waals surface area contributed by atoms with Crippen molar-refractivity contribution in [1.82, 2.24) is 4.72 Å². The van der Waals surface area contributed by atoms with Crippen molar-refractivity contribution in [2.75, 3.05) is 0 Å². The van der Waals surface area contributed by atoms with Gasteiger partial charge in [-0.05, 0) is 24.3 Å². The van der Waals surface area contributed by atoms with Crippen molar-refractivity contribution in [3.05, 3.63) is 16.3 Å². The van der Waals surface area contributed by atoms with Crippen molar-refractivity contribution in [2.24, 2.45) is 11.7 Å². The molecule has 1 heterocycles. The average molecular weight is 290 g/mol. The van der Waals surface area contributed by atoms with Gasteiger partial charge in [-0.1, -0.05) is 26.7 Å². The van der Waals surface area contributed by atoms with Crippen molar-refractivity contribution >= 4 is 21.4 Å². The van der Waals surface area contributed by atoms with Crippen molar-refractivity contribution < 1.29 is 8.42 Å². The fourth-order valence-corrected chi connectivity index (χ4v) is 4.76. The minimum absolute atomic E-state index is 0.0597. The molecular formula is C12H22N2O2S2. The lowest BCUT2D eigenvalue weighted by molar-refractivity contribution is 0.390. The lowest BCUT2D eigenvalue weighted by atomic mass is 9.96. The summed E-state index contributed by atoms with van der Waals surface area (Å²) in [7, 11) is -3.44. The first-order valence-corrected chi connectivity index (χ1v) is 8.61. The van der Waals surface area contributed by atoms with Crippen molar-refractivity contribution in [1.29, 1.82) is 0 Å². The van der Waals surface area contributed by atoms with Crippen molar-refractivity contribution in [3.63, 3.8) is 0 Å². The Balaban J connectivity index is 2.89. The van der Waals surface area contributed by atoms with E-state index in [1.165, 1.54) is 11.3 Å². The van der Waals surface area contributed by atoms with Gasteiger partial charge >= 0.3 is 0 Å². The van der Waals surface area contributed by atoms with E-state index in [4.69, 9.17) is 5.73 Å². The summed E-state index contributed by atoms with van der Waals surface area (Å²) in [5.41, 5.74) is 5.55. The fraction of sp³-hybridized carbons (Fsp3) is 0.667. The number of nitrogens with two attached hydrogens (primary N) is 1. The minimum atomic E-state index is -3.44. The molecule has 0 fully saturated rings. The standard InChI is InChI=1S/C12H22N2O2S2/c1-4-10(5-2)9(3)14-18(15,16)12-6-7-17-11(12)8-13/h6-7,9-10,14H,4-5,8,13H2,1-3H3. The molecule has 0 spiro atoms. The monoisotopic (exact) mass is 290 g/mol. The van der Waals surface area contributed by atoms with E-state index in [-0.39, 0.29) is 12.6 Å². The molecule has 0 aliphatic carbocycles. The summed E-state index contributed by atoms with van der Waals surface area (Å²) in [5.74, 6) is 0.361. The SMILES string of the molecule is CCC(CC)C(C)NS(=O)(=O)c1ccsc1CN. The molecule has 0 aliphatic rings. The second kappa shape index (κ2) is 6.65. The molecule has 0 amide bonds. The summed E-state index contributed by atoms with van der Waals surface area (Å²) in [6, 6.07) is 1.56. The van der Waals surface area contributed by atoms with Gasteiger partial charge in [-0.25, -0.2) is 13.1 Å². The van der Waals surface area contributed by atoms with Crippen LogP contribution in [0.5, 0.6) is 0 Å². The van der Waals surface area contributed by atoms with Gasteiger partial charge in [0.2, 0.25) is 10.0 Å². The van der Waals surface area contributed by atoms with Crippen LogP contribution < -0.4 is 10.5 Å². The first-order valence-electron chi connectivity index (χ1n) is 6.25. The molecule has 0 saturated carbocycles. The largest absolute Gasteiger partial charge is 0.326 e. The van der Waals surface area contributed by atoms with Crippen LogP contribution in [0.1, 0.15) is 38.5 Å². The van der Waals surface area contributed by atoms with Gasteiger partial charge in [-0.2, -0.15) is 0 Å². The van der Waals surface area contributed by atoms with Gasteiger partial charge in [0, 0.05) is 17.5 Å². The molecule has 4 nitrogen and oxygen atoms in total. The van der Waals surface area contributed by atoms with Crippen LogP contribution in [0.4, 0.5) is 0 Å². The summed E-state index contributed by atoms with van der Waals surface area (Å²) in [5, 5.41) is 1.76. The molecule has 0 aromatic carbocycles. The summed E-state index contributed by atoms with van der Waals surface area (Å²) in [4.78, 5) is 1.03. The third-order valence-electron chi connectivity index (χ3n) is 3.28. The quantitative estimate of drug-likeness (QED) is 0.809. The maximum absolute atomic E-state index is 12.3. The molecule has 0 bridgehead atoms. The van der Waals surface area contributed by atoms with E-state index < -0.39 is 10.0 Å². The molecule has 1 aromatic heterocycles. The first-order chi connectivity index (χ1) is 8.46. The molecule has 18 heavy (non-hydrogen) atoms. The zero-order chi connectivity index (χ0) is 13.8. The lowest BCUT2D eigenvalue weighted by Crippen LogP contribution is -2.37. The van der Waals surface area contributed by atoms with Crippen LogP contribution in [0.25, 0.3) is 0 Å². The van der Waals surface area contributed by atoms with E-state index in [0.29, 0.717) is 15.7 Å². The van der Waals surface area contributed by atoms with Gasteiger partial charge in [0.25, 0.3) is 0 Å². The summed E-state index contributed by atoms with van der Waals surface area (Å²) in [6.07, 6.45) is 1.93. The van der Waals surface area contributed by atoms with Crippen LogP contribution in [-0.2, 0) is 16.6 Å². The molecule has 0 radical (unpaired) electrons. The molecule has 1 rings (SSSR count). The maximum atomic E-state index is 12.3. The van der Waals surface area contributed by atoms with E-state index in [1.54, 1.807) is 11.4 Å². The zero-order valence-electron chi connectivity index (χ0n) is 11.1. The Kier molecular flexibility index (Phi) is 5.78. The van der Waals surface area contributed by atoms with E-state index in [0.717, 1.165) is 12.8 Å². The predicted octanol–water partition coefficient (Wildman–Crippen LogP) is 2.31. The molecule has 0 saturated heterocycles. The Bertz CT molecular complexity index is 464. The van der Waals surface area contributed by atoms with E-state index in [1.807, 2.05) is 6.92 Å². The fourth-order valence-electron chi connectivity index (χ4n) is 2.12.